The van der Waals surface area contributed by atoms with Crippen LogP contribution in [-0.4, -0.2) is 6.67 Å². The molecular formula is C7H6Cl2N2O. The standard InChI is InChI=1S/C7H6Cl2N2O/c8-6-2-1-5(3-7(6)9)10-4-11-12/h1-3,10H,4H2. The quantitative estimate of drug-likeness (QED) is 0.770. The molecule has 1 N–H and O–H groups in total. The summed E-state index contributed by atoms with van der Waals surface area (Å²) in [5.74, 6) is 0. The molecule has 0 atom stereocenters. The van der Waals surface area contributed by atoms with Crippen molar-refractivity contribution in [1.82, 2.24) is 0 Å². The van der Waals surface area contributed by atoms with Gasteiger partial charge in [0.05, 0.1) is 10.0 Å². The molecule has 64 valence electrons. The Morgan fingerprint density at radius 1 is 1.33 bits per heavy atom. The minimum absolute atomic E-state index is 0.0258. The van der Waals surface area contributed by atoms with E-state index >= 15 is 0 Å². The summed E-state index contributed by atoms with van der Waals surface area (Å²) in [6.07, 6.45) is 0. The fourth-order valence-corrected chi connectivity index (χ4v) is 1.03. The van der Waals surface area contributed by atoms with Crippen molar-refractivity contribution in [1.29, 1.82) is 0 Å². The van der Waals surface area contributed by atoms with Gasteiger partial charge in [0, 0.05) is 5.69 Å². The second kappa shape index (κ2) is 4.28. The topological polar surface area (TPSA) is 41.5 Å². The second-order valence-corrected chi connectivity index (χ2v) is 2.91. The number of rotatable bonds is 3. The molecular weight excluding hydrogens is 199 g/mol. The summed E-state index contributed by atoms with van der Waals surface area (Å²) in [4.78, 5) is 9.76. The molecule has 1 aromatic rings. The summed E-state index contributed by atoms with van der Waals surface area (Å²) in [5.41, 5.74) is 0.726. The minimum atomic E-state index is 0.0258. The molecule has 0 radical (unpaired) electrons. The van der Waals surface area contributed by atoms with Gasteiger partial charge in [0.2, 0.25) is 0 Å². The van der Waals surface area contributed by atoms with Crippen LogP contribution in [0.3, 0.4) is 0 Å². The molecule has 0 aliphatic heterocycles. The first kappa shape index (κ1) is 9.29. The molecule has 0 spiro atoms. The summed E-state index contributed by atoms with van der Waals surface area (Å²) in [5, 5.41) is 6.32. The van der Waals surface area contributed by atoms with Crippen molar-refractivity contribution < 1.29 is 0 Å². The lowest BCUT2D eigenvalue weighted by molar-refractivity contribution is 1.13. The van der Waals surface area contributed by atoms with E-state index in [4.69, 9.17) is 23.2 Å². The van der Waals surface area contributed by atoms with Crippen LogP contribution in [0, 0.1) is 4.91 Å². The third-order valence-electron chi connectivity index (χ3n) is 1.27. The fourth-order valence-electron chi connectivity index (χ4n) is 0.730. The third kappa shape index (κ3) is 2.36. The molecule has 0 heterocycles. The van der Waals surface area contributed by atoms with E-state index < -0.39 is 0 Å². The molecule has 5 heteroatoms. The largest absolute Gasteiger partial charge is 0.363 e. The van der Waals surface area contributed by atoms with Crippen LogP contribution in [0.25, 0.3) is 0 Å². The summed E-state index contributed by atoms with van der Waals surface area (Å²) < 4.78 is 0. The van der Waals surface area contributed by atoms with Crippen LogP contribution in [0.2, 0.25) is 10.0 Å². The van der Waals surface area contributed by atoms with Gasteiger partial charge in [-0.2, -0.15) is 0 Å². The molecule has 0 unspecified atom stereocenters. The van der Waals surface area contributed by atoms with Crippen molar-refractivity contribution in [3.8, 4) is 0 Å². The van der Waals surface area contributed by atoms with Crippen LogP contribution in [0.1, 0.15) is 0 Å². The van der Waals surface area contributed by atoms with Gasteiger partial charge in [-0.05, 0) is 23.4 Å². The highest BCUT2D eigenvalue weighted by Crippen LogP contribution is 2.24. The zero-order chi connectivity index (χ0) is 8.97. The molecule has 0 aliphatic carbocycles. The molecule has 0 saturated heterocycles. The Hall–Kier alpha value is -0.800. The fraction of sp³-hybridized carbons (Fsp3) is 0.143. The van der Waals surface area contributed by atoms with Crippen molar-refractivity contribution in [2.45, 2.75) is 0 Å². The van der Waals surface area contributed by atoms with Crippen molar-refractivity contribution in [2.24, 2.45) is 5.18 Å². The molecule has 0 aromatic heterocycles. The Morgan fingerprint density at radius 3 is 2.67 bits per heavy atom. The molecule has 0 bridgehead atoms. The van der Waals surface area contributed by atoms with Crippen LogP contribution in [0.15, 0.2) is 23.4 Å². The number of halogens is 2. The van der Waals surface area contributed by atoms with E-state index in [1.165, 1.54) is 0 Å². The average Bonchev–Trinajstić information content (AvgIpc) is 2.07. The van der Waals surface area contributed by atoms with E-state index in [-0.39, 0.29) is 6.67 Å². The number of nitrogens with one attached hydrogen (secondary N) is 1. The highest BCUT2D eigenvalue weighted by molar-refractivity contribution is 6.42. The van der Waals surface area contributed by atoms with Crippen molar-refractivity contribution in [3.63, 3.8) is 0 Å². The summed E-state index contributed by atoms with van der Waals surface area (Å²) in [6, 6.07) is 5.01. The van der Waals surface area contributed by atoms with Gasteiger partial charge in [0.1, 0.15) is 6.67 Å². The summed E-state index contributed by atoms with van der Waals surface area (Å²) in [6.45, 7) is 0.0258. The molecule has 0 fully saturated rings. The van der Waals surface area contributed by atoms with Gasteiger partial charge in [-0.25, -0.2) is 0 Å². The summed E-state index contributed by atoms with van der Waals surface area (Å²) >= 11 is 11.4. The van der Waals surface area contributed by atoms with Gasteiger partial charge in [-0.3, -0.25) is 0 Å². The van der Waals surface area contributed by atoms with Gasteiger partial charge in [-0.15, -0.1) is 4.91 Å². The smallest absolute Gasteiger partial charge is 0.150 e. The molecule has 1 aromatic carbocycles. The maximum Gasteiger partial charge on any atom is 0.150 e. The highest BCUT2D eigenvalue weighted by atomic mass is 35.5. The minimum Gasteiger partial charge on any atom is -0.363 e. The Labute approximate surface area is 79.6 Å². The maximum absolute atomic E-state index is 9.76. The highest BCUT2D eigenvalue weighted by Gasteiger charge is 1.97. The predicted molar refractivity (Wildman–Crippen MR) is 50.7 cm³/mol. The Bertz CT molecular complexity index is 291. The first-order valence-electron chi connectivity index (χ1n) is 3.22. The van der Waals surface area contributed by atoms with Crippen LogP contribution >= 0.6 is 23.2 Å². The van der Waals surface area contributed by atoms with E-state index in [2.05, 4.69) is 10.5 Å². The number of nitroso groups, excluding NO2 is 1. The monoisotopic (exact) mass is 204 g/mol. The molecule has 0 saturated carbocycles. The maximum atomic E-state index is 9.76. The van der Waals surface area contributed by atoms with Crippen molar-refractivity contribution in [3.05, 3.63) is 33.2 Å². The Morgan fingerprint density at radius 2 is 2.08 bits per heavy atom. The number of hydrogen-bond donors (Lipinski definition) is 1. The van der Waals surface area contributed by atoms with E-state index in [1.807, 2.05) is 0 Å². The van der Waals surface area contributed by atoms with E-state index in [1.54, 1.807) is 18.2 Å². The molecule has 12 heavy (non-hydrogen) atoms. The molecule has 1 rings (SSSR count). The Kier molecular flexibility index (Phi) is 3.31. The zero-order valence-electron chi connectivity index (χ0n) is 6.05. The molecule has 0 aliphatic rings. The van der Waals surface area contributed by atoms with E-state index in [0.29, 0.717) is 10.0 Å². The van der Waals surface area contributed by atoms with Gasteiger partial charge < -0.3 is 5.32 Å². The average molecular weight is 205 g/mol. The number of hydrogen-bond acceptors (Lipinski definition) is 3. The predicted octanol–water partition coefficient (Wildman–Crippen LogP) is 3.13. The zero-order valence-corrected chi connectivity index (χ0v) is 7.56. The first-order chi connectivity index (χ1) is 5.74. The SMILES string of the molecule is O=NCNc1ccc(Cl)c(Cl)c1. The van der Waals surface area contributed by atoms with Crippen LogP contribution in [0.4, 0.5) is 5.69 Å². The van der Waals surface area contributed by atoms with Crippen LogP contribution in [0.5, 0.6) is 0 Å². The lowest BCUT2D eigenvalue weighted by Gasteiger charge is -2.02. The molecule has 0 amide bonds. The van der Waals surface area contributed by atoms with Gasteiger partial charge in [-0.1, -0.05) is 23.2 Å². The van der Waals surface area contributed by atoms with E-state index in [0.717, 1.165) is 5.69 Å². The van der Waals surface area contributed by atoms with Gasteiger partial charge in [0.25, 0.3) is 0 Å². The lowest BCUT2D eigenvalue weighted by atomic mass is 10.3. The number of benzene rings is 1. The van der Waals surface area contributed by atoms with Crippen molar-refractivity contribution >= 4 is 28.9 Å². The Balaban J connectivity index is 2.75. The van der Waals surface area contributed by atoms with Crippen LogP contribution < -0.4 is 5.32 Å². The van der Waals surface area contributed by atoms with Crippen molar-refractivity contribution in [2.75, 3.05) is 12.0 Å². The first-order valence-corrected chi connectivity index (χ1v) is 3.97. The van der Waals surface area contributed by atoms with E-state index in [9.17, 15) is 4.91 Å². The normalized spacial score (nSPS) is 9.50. The third-order valence-corrected chi connectivity index (χ3v) is 2.01. The van der Waals surface area contributed by atoms with Gasteiger partial charge in [0.15, 0.2) is 0 Å². The van der Waals surface area contributed by atoms with Gasteiger partial charge >= 0.3 is 0 Å². The lowest BCUT2D eigenvalue weighted by Crippen LogP contribution is -1.96. The summed E-state index contributed by atoms with van der Waals surface area (Å²) in [7, 11) is 0. The van der Waals surface area contributed by atoms with Crippen LogP contribution in [-0.2, 0) is 0 Å². The number of nitrogens with zero attached hydrogens (tertiary/aromatic N) is 1. The number of anilines is 1. The molecule has 3 nitrogen and oxygen atoms in total. The second-order valence-electron chi connectivity index (χ2n) is 2.09.